The fourth-order valence-electron chi connectivity index (χ4n) is 2.77. The molecule has 1 fully saturated rings. The lowest BCUT2D eigenvalue weighted by Gasteiger charge is -2.34. The first-order valence-corrected chi connectivity index (χ1v) is 9.09. The number of aromatic nitrogens is 1. The number of nitrogens with zero attached hydrogens (tertiary/aromatic N) is 2. The summed E-state index contributed by atoms with van der Waals surface area (Å²) in [5, 5.41) is 6.54. The number of hydrogen-bond donors (Lipinski definition) is 2. The Hall–Kier alpha value is -2.45. The number of thiophene rings is 1. The van der Waals surface area contributed by atoms with Crippen LogP contribution in [0.1, 0.15) is 20.7 Å². The molecule has 0 aliphatic carbocycles. The van der Waals surface area contributed by atoms with Crippen LogP contribution < -0.4 is 10.9 Å². The van der Waals surface area contributed by atoms with Crippen molar-refractivity contribution in [2.24, 2.45) is 0 Å². The lowest BCUT2D eigenvalue weighted by molar-refractivity contribution is 0.0638. The van der Waals surface area contributed by atoms with Crippen LogP contribution in [0.2, 0.25) is 0 Å². The number of aromatic amines is 1. The molecule has 0 radical (unpaired) electrons. The average Bonchev–Trinajstić information content (AvgIpc) is 3.16. The van der Waals surface area contributed by atoms with Gasteiger partial charge >= 0.3 is 0 Å². The lowest BCUT2D eigenvalue weighted by atomic mass is 10.2. The molecule has 132 valence electrons. The maximum atomic E-state index is 12.3. The van der Waals surface area contributed by atoms with Gasteiger partial charge in [-0.05, 0) is 23.6 Å². The molecule has 1 aliphatic heterocycles. The van der Waals surface area contributed by atoms with Gasteiger partial charge in [0, 0.05) is 50.8 Å². The van der Waals surface area contributed by atoms with E-state index >= 15 is 0 Å². The molecular formula is C17H20N4O3S. The summed E-state index contributed by atoms with van der Waals surface area (Å²) < 4.78 is 0. The van der Waals surface area contributed by atoms with E-state index < -0.39 is 0 Å². The summed E-state index contributed by atoms with van der Waals surface area (Å²) in [4.78, 5) is 42.4. The molecule has 2 amide bonds. The maximum absolute atomic E-state index is 12.3. The normalized spacial score (nSPS) is 15.1. The minimum absolute atomic E-state index is 0.0810. The van der Waals surface area contributed by atoms with E-state index in [0.717, 1.165) is 18.7 Å². The Bertz CT molecular complexity index is 779. The Kier molecular flexibility index (Phi) is 5.62. The number of piperazine rings is 1. The zero-order valence-electron chi connectivity index (χ0n) is 13.7. The minimum Gasteiger partial charge on any atom is -0.351 e. The van der Waals surface area contributed by atoms with Gasteiger partial charge in [-0.15, -0.1) is 0 Å². The standard InChI is InChI=1S/C17H20N4O3S/c22-15-14(2-1-4-18-15)16(23)19-5-6-20-7-9-21(10-8-20)17(24)13-3-11-25-12-13/h1-4,11-12H,5-10H2,(H,18,22)(H,19,23). The van der Waals surface area contributed by atoms with E-state index in [-0.39, 0.29) is 22.9 Å². The Morgan fingerprint density at radius 2 is 2.00 bits per heavy atom. The maximum Gasteiger partial charge on any atom is 0.260 e. The molecule has 0 bridgehead atoms. The summed E-state index contributed by atoms with van der Waals surface area (Å²) in [5.74, 6) is -0.286. The molecule has 3 heterocycles. The molecule has 8 heteroatoms. The molecular weight excluding hydrogens is 340 g/mol. The molecule has 0 aromatic carbocycles. The highest BCUT2D eigenvalue weighted by Crippen LogP contribution is 2.11. The van der Waals surface area contributed by atoms with E-state index in [9.17, 15) is 14.4 Å². The van der Waals surface area contributed by atoms with Crippen LogP contribution in [0.15, 0.2) is 40.0 Å². The second-order valence-electron chi connectivity index (χ2n) is 5.81. The third kappa shape index (κ3) is 4.34. The van der Waals surface area contributed by atoms with Crippen molar-refractivity contribution >= 4 is 23.2 Å². The van der Waals surface area contributed by atoms with Crippen LogP contribution in [-0.4, -0.2) is 65.9 Å². The topological polar surface area (TPSA) is 85.5 Å². The van der Waals surface area contributed by atoms with Crippen LogP contribution in [0, 0.1) is 0 Å². The Morgan fingerprint density at radius 1 is 1.20 bits per heavy atom. The van der Waals surface area contributed by atoms with E-state index in [1.807, 2.05) is 21.7 Å². The number of H-pyrrole nitrogens is 1. The van der Waals surface area contributed by atoms with Gasteiger partial charge in [-0.3, -0.25) is 19.3 Å². The van der Waals surface area contributed by atoms with E-state index in [4.69, 9.17) is 0 Å². The summed E-state index contributed by atoms with van der Waals surface area (Å²) >= 11 is 1.52. The molecule has 1 saturated heterocycles. The molecule has 2 aromatic heterocycles. The summed E-state index contributed by atoms with van der Waals surface area (Å²) in [7, 11) is 0. The number of nitrogens with one attached hydrogen (secondary N) is 2. The highest BCUT2D eigenvalue weighted by molar-refractivity contribution is 7.08. The zero-order chi connectivity index (χ0) is 17.6. The van der Waals surface area contributed by atoms with Gasteiger partial charge in [-0.25, -0.2) is 0 Å². The highest BCUT2D eigenvalue weighted by Gasteiger charge is 2.22. The van der Waals surface area contributed by atoms with Crippen LogP contribution in [0.3, 0.4) is 0 Å². The van der Waals surface area contributed by atoms with Crippen molar-refractivity contribution in [2.75, 3.05) is 39.3 Å². The van der Waals surface area contributed by atoms with Crippen molar-refractivity contribution in [2.45, 2.75) is 0 Å². The van der Waals surface area contributed by atoms with E-state index in [0.29, 0.717) is 26.2 Å². The van der Waals surface area contributed by atoms with Crippen molar-refractivity contribution in [1.29, 1.82) is 0 Å². The van der Waals surface area contributed by atoms with Gasteiger partial charge in [0.2, 0.25) is 0 Å². The van der Waals surface area contributed by atoms with Crippen molar-refractivity contribution in [3.8, 4) is 0 Å². The van der Waals surface area contributed by atoms with E-state index in [1.54, 1.807) is 6.07 Å². The predicted molar refractivity (Wildman–Crippen MR) is 96.1 cm³/mol. The number of carbonyl (C=O) groups excluding carboxylic acids is 2. The zero-order valence-corrected chi connectivity index (χ0v) is 14.6. The number of hydrogen-bond acceptors (Lipinski definition) is 5. The quantitative estimate of drug-likeness (QED) is 0.819. The molecule has 0 spiro atoms. The van der Waals surface area contributed by atoms with Gasteiger partial charge in [-0.2, -0.15) is 11.3 Å². The summed E-state index contributed by atoms with van der Waals surface area (Å²) in [6.07, 6.45) is 1.50. The van der Waals surface area contributed by atoms with Crippen molar-refractivity contribution in [3.63, 3.8) is 0 Å². The molecule has 3 rings (SSSR count). The summed E-state index contributed by atoms with van der Waals surface area (Å²) in [6, 6.07) is 4.98. The first-order chi connectivity index (χ1) is 12.1. The monoisotopic (exact) mass is 360 g/mol. The first kappa shape index (κ1) is 17.4. The second kappa shape index (κ2) is 8.09. The third-order valence-corrected chi connectivity index (χ3v) is 4.89. The van der Waals surface area contributed by atoms with Gasteiger partial charge in [0.1, 0.15) is 5.56 Å². The second-order valence-corrected chi connectivity index (χ2v) is 6.59. The predicted octanol–water partition coefficient (Wildman–Crippen LogP) is 0.624. The largest absolute Gasteiger partial charge is 0.351 e. The Balaban J connectivity index is 1.41. The van der Waals surface area contributed by atoms with Crippen molar-refractivity contribution in [1.82, 2.24) is 20.1 Å². The van der Waals surface area contributed by atoms with Crippen molar-refractivity contribution < 1.29 is 9.59 Å². The Morgan fingerprint density at radius 3 is 2.68 bits per heavy atom. The Labute approximate surface area is 149 Å². The fraction of sp³-hybridized carbons (Fsp3) is 0.353. The lowest BCUT2D eigenvalue weighted by Crippen LogP contribution is -2.50. The van der Waals surface area contributed by atoms with Gasteiger partial charge in [0.05, 0.1) is 5.56 Å². The summed E-state index contributed by atoms with van der Waals surface area (Å²) in [6.45, 7) is 4.07. The molecule has 7 nitrogen and oxygen atoms in total. The smallest absolute Gasteiger partial charge is 0.260 e. The van der Waals surface area contributed by atoms with Gasteiger partial charge in [0.25, 0.3) is 17.4 Å². The minimum atomic E-state index is -0.388. The summed E-state index contributed by atoms with van der Waals surface area (Å²) in [5.41, 5.74) is 0.480. The molecule has 2 aromatic rings. The van der Waals surface area contributed by atoms with E-state index in [2.05, 4.69) is 15.2 Å². The fourth-order valence-corrected chi connectivity index (χ4v) is 3.40. The molecule has 0 atom stereocenters. The van der Waals surface area contributed by atoms with Crippen LogP contribution in [0.4, 0.5) is 0 Å². The molecule has 0 unspecified atom stereocenters. The van der Waals surface area contributed by atoms with Crippen molar-refractivity contribution in [3.05, 3.63) is 56.6 Å². The van der Waals surface area contributed by atoms with Crippen LogP contribution >= 0.6 is 11.3 Å². The van der Waals surface area contributed by atoms with Gasteiger partial charge < -0.3 is 15.2 Å². The molecule has 1 aliphatic rings. The SMILES string of the molecule is O=C(NCCN1CCN(C(=O)c2ccsc2)CC1)c1ccc[nH]c1=O. The number of pyridine rings is 1. The van der Waals surface area contributed by atoms with Gasteiger partial charge in [0.15, 0.2) is 0 Å². The van der Waals surface area contributed by atoms with Gasteiger partial charge in [-0.1, -0.05) is 0 Å². The highest BCUT2D eigenvalue weighted by atomic mass is 32.1. The first-order valence-electron chi connectivity index (χ1n) is 8.15. The van der Waals surface area contributed by atoms with Crippen LogP contribution in [0.5, 0.6) is 0 Å². The third-order valence-electron chi connectivity index (χ3n) is 4.20. The van der Waals surface area contributed by atoms with Crippen LogP contribution in [0.25, 0.3) is 0 Å². The molecule has 0 saturated carbocycles. The molecule has 25 heavy (non-hydrogen) atoms. The molecule has 2 N–H and O–H groups in total. The number of rotatable bonds is 5. The van der Waals surface area contributed by atoms with E-state index in [1.165, 1.54) is 23.6 Å². The van der Waals surface area contributed by atoms with Crippen LogP contribution in [-0.2, 0) is 0 Å². The number of amides is 2. The number of carbonyl (C=O) groups is 2. The average molecular weight is 360 g/mol.